The molecule has 0 spiro atoms. The van der Waals surface area contributed by atoms with Gasteiger partial charge >= 0.3 is 6.03 Å². The first-order chi connectivity index (χ1) is 16.1. The van der Waals surface area contributed by atoms with Crippen LogP contribution in [0.2, 0.25) is 0 Å². The van der Waals surface area contributed by atoms with E-state index in [0.717, 1.165) is 50.1 Å². The SMILES string of the molecule is [B]c1cnc(Nc2cccc(NC(=O)N3CCCC3)c2)nc1NC(C)CCc1ccccc1. The molecule has 2 aromatic carbocycles. The van der Waals surface area contributed by atoms with Crippen LogP contribution in [-0.4, -0.2) is 47.9 Å². The molecule has 2 radical (unpaired) electrons. The zero-order valence-corrected chi connectivity index (χ0v) is 18.9. The van der Waals surface area contributed by atoms with Gasteiger partial charge in [0.1, 0.15) is 13.7 Å². The number of hydrogen-bond donors (Lipinski definition) is 3. The van der Waals surface area contributed by atoms with Gasteiger partial charge in [0, 0.05) is 36.7 Å². The lowest BCUT2D eigenvalue weighted by Gasteiger charge is -2.18. The summed E-state index contributed by atoms with van der Waals surface area (Å²) in [6.07, 6.45) is 5.64. The number of amides is 2. The van der Waals surface area contributed by atoms with Gasteiger partial charge in [0.25, 0.3) is 0 Å². The van der Waals surface area contributed by atoms with E-state index in [1.807, 2.05) is 35.2 Å². The molecule has 0 bridgehead atoms. The standard InChI is InChI=1S/C25H29BN6O/c1-18(12-13-19-8-3-2-4-9-19)28-23-22(26)17-27-24(31-23)29-20-10-7-11-21(16-20)30-25(33)32-14-5-6-15-32/h2-4,7-11,16-18H,5-6,12-15H2,1H3,(H,30,33)(H2,27,28,29,31). The quantitative estimate of drug-likeness (QED) is 0.460. The maximum Gasteiger partial charge on any atom is 0.321 e. The van der Waals surface area contributed by atoms with Crippen molar-refractivity contribution in [3.8, 4) is 0 Å². The number of benzene rings is 2. The molecule has 1 unspecified atom stereocenters. The van der Waals surface area contributed by atoms with Crippen molar-refractivity contribution in [1.29, 1.82) is 0 Å². The summed E-state index contributed by atoms with van der Waals surface area (Å²) in [7, 11) is 6.11. The molecule has 2 heterocycles. The molecular formula is C25H29BN6O. The highest BCUT2D eigenvalue weighted by molar-refractivity contribution is 6.35. The largest absolute Gasteiger partial charge is 0.368 e. The maximum absolute atomic E-state index is 12.4. The van der Waals surface area contributed by atoms with E-state index < -0.39 is 0 Å². The number of aryl methyl sites for hydroxylation is 1. The summed E-state index contributed by atoms with van der Waals surface area (Å²) in [5.74, 6) is 1.04. The third-order valence-corrected chi connectivity index (χ3v) is 5.67. The van der Waals surface area contributed by atoms with Crippen molar-refractivity contribution in [2.24, 2.45) is 0 Å². The lowest BCUT2D eigenvalue weighted by Crippen LogP contribution is -2.32. The summed E-state index contributed by atoms with van der Waals surface area (Å²) >= 11 is 0. The number of nitrogens with one attached hydrogen (secondary N) is 3. The Kier molecular flexibility index (Phi) is 7.45. The first-order valence-corrected chi connectivity index (χ1v) is 11.4. The molecule has 1 atom stereocenters. The molecule has 168 valence electrons. The molecule has 3 aromatic rings. The molecule has 1 aliphatic rings. The number of likely N-dealkylation sites (tertiary alicyclic amines) is 1. The third-order valence-electron chi connectivity index (χ3n) is 5.67. The van der Waals surface area contributed by atoms with Gasteiger partial charge in [-0.3, -0.25) is 0 Å². The second kappa shape index (κ2) is 10.9. The highest BCUT2D eigenvalue weighted by Crippen LogP contribution is 2.20. The topological polar surface area (TPSA) is 82.2 Å². The van der Waals surface area contributed by atoms with Crippen LogP contribution in [-0.2, 0) is 6.42 Å². The first-order valence-electron chi connectivity index (χ1n) is 11.4. The number of nitrogens with zero attached hydrogens (tertiary/aromatic N) is 3. The molecule has 1 aliphatic heterocycles. The molecule has 2 amide bonds. The van der Waals surface area contributed by atoms with Gasteiger partial charge in [0.2, 0.25) is 5.95 Å². The molecule has 1 aromatic heterocycles. The van der Waals surface area contributed by atoms with Gasteiger partial charge in [-0.15, -0.1) is 0 Å². The molecule has 33 heavy (non-hydrogen) atoms. The zero-order valence-electron chi connectivity index (χ0n) is 18.9. The van der Waals surface area contributed by atoms with Crippen molar-refractivity contribution in [2.75, 3.05) is 29.0 Å². The highest BCUT2D eigenvalue weighted by atomic mass is 16.2. The van der Waals surface area contributed by atoms with Gasteiger partial charge in [0.05, 0.1) is 0 Å². The Labute approximate surface area is 196 Å². The van der Waals surface area contributed by atoms with E-state index in [9.17, 15) is 4.79 Å². The predicted octanol–water partition coefficient (Wildman–Crippen LogP) is 4.07. The normalized spacial score (nSPS) is 14.0. The Balaban J connectivity index is 1.36. The Morgan fingerprint density at radius 3 is 2.64 bits per heavy atom. The molecule has 0 saturated carbocycles. The monoisotopic (exact) mass is 440 g/mol. The second-order valence-electron chi connectivity index (χ2n) is 8.40. The summed E-state index contributed by atoms with van der Waals surface area (Å²) < 4.78 is 0. The number of carbonyl (C=O) groups excluding carboxylic acids is 1. The van der Waals surface area contributed by atoms with Crippen LogP contribution in [0.5, 0.6) is 0 Å². The van der Waals surface area contributed by atoms with Crippen molar-refractivity contribution in [3.05, 3.63) is 66.4 Å². The Morgan fingerprint density at radius 1 is 1.09 bits per heavy atom. The van der Waals surface area contributed by atoms with E-state index in [-0.39, 0.29) is 12.1 Å². The summed E-state index contributed by atoms with van der Waals surface area (Å²) in [5.41, 5.74) is 3.31. The van der Waals surface area contributed by atoms with Crippen LogP contribution in [0.15, 0.2) is 60.8 Å². The Bertz CT molecular complexity index is 1070. The van der Waals surface area contributed by atoms with E-state index in [1.165, 1.54) is 5.56 Å². The van der Waals surface area contributed by atoms with Crippen LogP contribution < -0.4 is 21.4 Å². The van der Waals surface area contributed by atoms with Gasteiger partial charge in [-0.1, -0.05) is 36.4 Å². The van der Waals surface area contributed by atoms with E-state index in [2.05, 4.69) is 57.1 Å². The van der Waals surface area contributed by atoms with Crippen LogP contribution in [0.4, 0.5) is 27.9 Å². The Hall–Kier alpha value is -3.55. The maximum atomic E-state index is 12.4. The minimum absolute atomic E-state index is 0.0654. The van der Waals surface area contributed by atoms with Crippen molar-refractivity contribution < 1.29 is 4.79 Å². The van der Waals surface area contributed by atoms with E-state index >= 15 is 0 Å². The molecule has 8 heteroatoms. The van der Waals surface area contributed by atoms with Crippen molar-refractivity contribution in [3.63, 3.8) is 0 Å². The third kappa shape index (κ3) is 6.48. The van der Waals surface area contributed by atoms with Gasteiger partial charge < -0.3 is 20.9 Å². The lowest BCUT2D eigenvalue weighted by atomic mass is 9.98. The average Bonchev–Trinajstić information content (AvgIpc) is 3.36. The summed E-state index contributed by atoms with van der Waals surface area (Å²) in [6, 6.07) is 18.0. The van der Waals surface area contributed by atoms with Crippen LogP contribution in [0, 0.1) is 0 Å². The second-order valence-corrected chi connectivity index (χ2v) is 8.40. The van der Waals surface area contributed by atoms with E-state index in [1.54, 1.807) is 6.20 Å². The molecule has 0 aliphatic carbocycles. The molecule has 4 rings (SSSR count). The smallest absolute Gasteiger partial charge is 0.321 e. The van der Waals surface area contributed by atoms with Gasteiger partial charge in [-0.25, -0.2) is 9.78 Å². The number of rotatable bonds is 8. The lowest BCUT2D eigenvalue weighted by molar-refractivity contribution is 0.222. The Morgan fingerprint density at radius 2 is 1.85 bits per heavy atom. The number of carbonyl (C=O) groups is 1. The van der Waals surface area contributed by atoms with Crippen molar-refractivity contribution >= 4 is 42.5 Å². The van der Waals surface area contributed by atoms with Crippen molar-refractivity contribution in [1.82, 2.24) is 14.9 Å². The van der Waals surface area contributed by atoms with Crippen LogP contribution in [0.25, 0.3) is 0 Å². The number of urea groups is 1. The summed E-state index contributed by atoms with van der Waals surface area (Å²) in [5, 5.41) is 9.56. The minimum Gasteiger partial charge on any atom is -0.368 e. The van der Waals surface area contributed by atoms with Crippen LogP contribution >= 0.6 is 0 Å². The predicted molar refractivity (Wildman–Crippen MR) is 135 cm³/mol. The summed E-state index contributed by atoms with van der Waals surface area (Å²) in [4.78, 5) is 23.1. The fraction of sp³-hybridized carbons (Fsp3) is 0.320. The average molecular weight is 440 g/mol. The van der Waals surface area contributed by atoms with Gasteiger partial charge in [-0.05, 0) is 61.8 Å². The molecule has 1 saturated heterocycles. The highest BCUT2D eigenvalue weighted by Gasteiger charge is 2.17. The van der Waals surface area contributed by atoms with Crippen LogP contribution in [0.3, 0.4) is 0 Å². The first kappa shape index (κ1) is 22.6. The fourth-order valence-electron chi connectivity index (χ4n) is 3.83. The van der Waals surface area contributed by atoms with Gasteiger partial charge in [-0.2, -0.15) is 4.98 Å². The molecule has 3 N–H and O–H groups in total. The number of anilines is 4. The van der Waals surface area contributed by atoms with Gasteiger partial charge in [0.15, 0.2) is 0 Å². The van der Waals surface area contributed by atoms with E-state index in [4.69, 9.17) is 7.85 Å². The van der Waals surface area contributed by atoms with E-state index in [0.29, 0.717) is 17.2 Å². The molecule has 1 fully saturated rings. The summed E-state index contributed by atoms with van der Waals surface area (Å²) in [6.45, 7) is 3.73. The fourth-order valence-corrected chi connectivity index (χ4v) is 3.83. The van der Waals surface area contributed by atoms with Crippen LogP contribution in [0.1, 0.15) is 31.7 Å². The molecule has 7 nitrogen and oxygen atoms in total. The number of aromatic nitrogens is 2. The van der Waals surface area contributed by atoms with Crippen molar-refractivity contribution in [2.45, 2.75) is 38.6 Å². The number of hydrogen-bond acceptors (Lipinski definition) is 5. The minimum atomic E-state index is -0.0654. The molecular weight excluding hydrogens is 411 g/mol. The zero-order chi connectivity index (χ0) is 23.0.